The van der Waals surface area contributed by atoms with Gasteiger partial charge >= 0.3 is 0 Å². The summed E-state index contributed by atoms with van der Waals surface area (Å²) in [5, 5.41) is 3.15. The molecule has 2 heterocycles. The van der Waals surface area contributed by atoms with Gasteiger partial charge in [0.05, 0.1) is 12.3 Å². The predicted octanol–water partition coefficient (Wildman–Crippen LogP) is 2.40. The molecular weight excluding hydrogens is 266 g/mol. The van der Waals surface area contributed by atoms with Gasteiger partial charge in [-0.05, 0) is 12.0 Å². The lowest BCUT2D eigenvalue weighted by atomic mass is 10.0. The van der Waals surface area contributed by atoms with Crippen molar-refractivity contribution in [3.8, 4) is 11.1 Å². The molecule has 3 aromatic rings. The molecule has 5 heteroatoms. The first-order chi connectivity index (χ1) is 10.2. The predicted molar refractivity (Wildman–Crippen MR) is 81.3 cm³/mol. The summed E-state index contributed by atoms with van der Waals surface area (Å²) in [6.45, 7) is 2.38. The lowest BCUT2D eigenvalue weighted by molar-refractivity contribution is 0.181. The number of benzene rings is 1. The van der Waals surface area contributed by atoms with Gasteiger partial charge in [0.2, 0.25) is 0 Å². The summed E-state index contributed by atoms with van der Waals surface area (Å²) in [5.41, 5.74) is 4.20. The number of hydrogen-bond acceptors (Lipinski definition) is 3. The second kappa shape index (κ2) is 5.54. The van der Waals surface area contributed by atoms with Crippen LogP contribution in [0.15, 0.2) is 41.2 Å². The fraction of sp³-hybridized carbons (Fsp3) is 0.250. The Morgan fingerprint density at radius 2 is 2.05 bits per heavy atom. The highest BCUT2D eigenvalue weighted by molar-refractivity contribution is 5.79. The van der Waals surface area contributed by atoms with E-state index in [0.717, 1.165) is 23.2 Å². The molecule has 0 aliphatic carbocycles. The third-order valence-corrected chi connectivity index (χ3v) is 3.45. The summed E-state index contributed by atoms with van der Waals surface area (Å²) in [5.74, 6) is 0. The van der Waals surface area contributed by atoms with Crippen molar-refractivity contribution < 1.29 is 4.74 Å². The van der Waals surface area contributed by atoms with Crippen LogP contribution in [0.5, 0.6) is 0 Å². The van der Waals surface area contributed by atoms with Gasteiger partial charge in [-0.1, -0.05) is 37.3 Å². The highest BCUT2D eigenvalue weighted by atomic mass is 16.5. The summed E-state index contributed by atoms with van der Waals surface area (Å²) in [6, 6.07) is 11.5. The standard InChI is InChI=1S/C16H17N3O2/c1-3-13-15(11-7-5-4-6-8-11)16-17-12(10-21-2)9-14(20)19(16)18-13/h4-9,18H,3,10H2,1-2H3. The Morgan fingerprint density at radius 3 is 2.71 bits per heavy atom. The van der Waals surface area contributed by atoms with Crippen molar-refractivity contribution in [1.82, 2.24) is 14.6 Å². The number of nitrogens with zero attached hydrogens (tertiary/aromatic N) is 2. The van der Waals surface area contributed by atoms with E-state index in [0.29, 0.717) is 17.9 Å². The molecule has 0 unspecified atom stereocenters. The Labute approximate surface area is 122 Å². The number of aromatic amines is 1. The van der Waals surface area contributed by atoms with E-state index in [1.54, 1.807) is 7.11 Å². The number of fused-ring (bicyclic) bond motifs is 1. The first kappa shape index (κ1) is 13.6. The minimum atomic E-state index is -0.121. The van der Waals surface area contributed by atoms with Crippen molar-refractivity contribution in [3.63, 3.8) is 0 Å². The van der Waals surface area contributed by atoms with Crippen molar-refractivity contribution in [3.05, 3.63) is 58.1 Å². The Morgan fingerprint density at radius 1 is 1.29 bits per heavy atom. The lowest BCUT2D eigenvalue weighted by Crippen LogP contribution is -2.16. The second-order valence-electron chi connectivity index (χ2n) is 4.86. The molecule has 0 atom stereocenters. The molecule has 21 heavy (non-hydrogen) atoms. The van der Waals surface area contributed by atoms with Gasteiger partial charge in [0.15, 0.2) is 5.65 Å². The Hall–Kier alpha value is -2.40. The van der Waals surface area contributed by atoms with Gasteiger partial charge in [0.1, 0.15) is 0 Å². The monoisotopic (exact) mass is 283 g/mol. The zero-order valence-electron chi connectivity index (χ0n) is 12.1. The number of rotatable bonds is 4. The Balaban J connectivity index is 2.33. The van der Waals surface area contributed by atoms with Crippen LogP contribution in [0.25, 0.3) is 16.8 Å². The highest BCUT2D eigenvalue weighted by Crippen LogP contribution is 2.27. The van der Waals surface area contributed by atoms with E-state index in [2.05, 4.69) is 17.0 Å². The van der Waals surface area contributed by atoms with Crippen molar-refractivity contribution in [2.45, 2.75) is 20.0 Å². The van der Waals surface area contributed by atoms with Crippen molar-refractivity contribution in [2.75, 3.05) is 7.11 Å². The molecule has 0 saturated heterocycles. The zero-order chi connectivity index (χ0) is 14.8. The topological polar surface area (TPSA) is 59.4 Å². The molecule has 0 bridgehead atoms. The summed E-state index contributed by atoms with van der Waals surface area (Å²) in [7, 11) is 1.59. The maximum absolute atomic E-state index is 12.2. The van der Waals surface area contributed by atoms with Crippen molar-refractivity contribution >= 4 is 5.65 Å². The molecule has 0 spiro atoms. The minimum absolute atomic E-state index is 0.121. The van der Waals surface area contributed by atoms with E-state index in [1.807, 2.05) is 30.3 Å². The second-order valence-corrected chi connectivity index (χ2v) is 4.86. The van der Waals surface area contributed by atoms with E-state index in [9.17, 15) is 4.79 Å². The zero-order valence-corrected chi connectivity index (χ0v) is 12.1. The average molecular weight is 283 g/mol. The fourth-order valence-electron chi connectivity index (χ4n) is 2.52. The number of ether oxygens (including phenoxy) is 1. The molecule has 108 valence electrons. The molecule has 0 saturated carbocycles. The van der Waals surface area contributed by atoms with Crippen LogP contribution in [0, 0.1) is 0 Å². The van der Waals surface area contributed by atoms with Gasteiger partial charge < -0.3 is 4.74 Å². The van der Waals surface area contributed by atoms with Crippen molar-refractivity contribution in [2.24, 2.45) is 0 Å². The summed E-state index contributed by atoms with van der Waals surface area (Å²) < 4.78 is 6.59. The van der Waals surface area contributed by atoms with Crippen LogP contribution in [-0.2, 0) is 17.8 Å². The molecule has 3 rings (SSSR count). The molecule has 2 aromatic heterocycles. The van der Waals surface area contributed by atoms with Gasteiger partial charge in [-0.15, -0.1) is 0 Å². The molecule has 0 fully saturated rings. The van der Waals surface area contributed by atoms with Crippen LogP contribution in [0.1, 0.15) is 18.3 Å². The maximum atomic E-state index is 12.2. The Kier molecular flexibility index (Phi) is 3.58. The smallest absolute Gasteiger partial charge is 0.273 e. The number of H-pyrrole nitrogens is 1. The molecule has 0 aliphatic rings. The van der Waals surface area contributed by atoms with E-state index in [4.69, 9.17) is 4.74 Å². The average Bonchev–Trinajstić information content (AvgIpc) is 2.87. The van der Waals surface area contributed by atoms with E-state index >= 15 is 0 Å². The fourth-order valence-corrected chi connectivity index (χ4v) is 2.52. The van der Waals surface area contributed by atoms with Crippen LogP contribution in [0.2, 0.25) is 0 Å². The SMILES string of the molecule is CCc1[nH]n2c(=O)cc(COC)nc2c1-c1ccccc1. The number of nitrogens with one attached hydrogen (secondary N) is 1. The largest absolute Gasteiger partial charge is 0.378 e. The van der Waals surface area contributed by atoms with Gasteiger partial charge in [-0.2, -0.15) is 0 Å². The maximum Gasteiger partial charge on any atom is 0.273 e. The van der Waals surface area contributed by atoms with Gasteiger partial charge in [0.25, 0.3) is 5.56 Å². The number of aromatic nitrogens is 3. The number of methoxy groups -OCH3 is 1. The molecule has 5 nitrogen and oxygen atoms in total. The van der Waals surface area contributed by atoms with Crippen LogP contribution >= 0.6 is 0 Å². The first-order valence-electron chi connectivity index (χ1n) is 6.92. The number of hydrogen-bond donors (Lipinski definition) is 1. The van der Waals surface area contributed by atoms with Crippen LogP contribution in [-0.4, -0.2) is 21.7 Å². The molecule has 0 aliphatic heterocycles. The molecular formula is C16H17N3O2. The minimum Gasteiger partial charge on any atom is -0.378 e. The Bertz CT molecular complexity index is 819. The molecule has 1 aromatic carbocycles. The summed E-state index contributed by atoms with van der Waals surface area (Å²) >= 11 is 0. The third kappa shape index (κ3) is 2.36. The van der Waals surface area contributed by atoms with E-state index in [-0.39, 0.29) is 5.56 Å². The molecule has 0 amide bonds. The van der Waals surface area contributed by atoms with Crippen LogP contribution in [0.4, 0.5) is 0 Å². The van der Waals surface area contributed by atoms with Crippen LogP contribution in [0.3, 0.4) is 0 Å². The van der Waals surface area contributed by atoms with E-state index < -0.39 is 0 Å². The van der Waals surface area contributed by atoms with Crippen molar-refractivity contribution in [1.29, 1.82) is 0 Å². The summed E-state index contributed by atoms with van der Waals surface area (Å²) in [6.07, 6.45) is 0.798. The third-order valence-electron chi connectivity index (χ3n) is 3.45. The lowest BCUT2D eigenvalue weighted by Gasteiger charge is -2.03. The van der Waals surface area contributed by atoms with Gasteiger partial charge in [-0.25, -0.2) is 9.50 Å². The van der Waals surface area contributed by atoms with E-state index in [1.165, 1.54) is 10.6 Å². The highest BCUT2D eigenvalue weighted by Gasteiger charge is 2.15. The first-order valence-corrected chi connectivity index (χ1v) is 6.92. The summed E-state index contributed by atoms with van der Waals surface area (Å²) in [4.78, 5) is 16.8. The van der Waals surface area contributed by atoms with Crippen LogP contribution < -0.4 is 5.56 Å². The van der Waals surface area contributed by atoms with Gasteiger partial charge in [-0.3, -0.25) is 9.89 Å². The molecule has 0 radical (unpaired) electrons. The quantitative estimate of drug-likeness (QED) is 0.800. The number of aryl methyl sites for hydroxylation is 1. The normalized spacial score (nSPS) is 11.1. The van der Waals surface area contributed by atoms with Gasteiger partial charge in [0, 0.05) is 24.4 Å². The molecule has 1 N–H and O–H groups in total.